The van der Waals surface area contributed by atoms with Crippen molar-refractivity contribution in [2.75, 3.05) is 14.2 Å². The second-order valence-corrected chi connectivity index (χ2v) is 7.05. The summed E-state index contributed by atoms with van der Waals surface area (Å²) < 4.78 is 10.6. The number of aryl methyl sites for hydroxylation is 1. The Kier molecular flexibility index (Phi) is 5.17. The van der Waals surface area contributed by atoms with Crippen molar-refractivity contribution in [3.05, 3.63) is 50.5 Å². The zero-order valence-electron chi connectivity index (χ0n) is 14.1. The number of ether oxygens (including phenoxy) is 2. The van der Waals surface area contributed by atoms with Gasteiger partial charge in [0.2, 0.25) is 0 Å². The molecule has 0 aliphatic heterocycles. The van der Waals surface area contributed by atoms with E-state index in [0.717, 1.165) is 21.7 Å². The van der Waals surface area contributed by atoms with Gasteiger partial charge in [0.15, 0.2) is 11.5 Å². The maximum absolute atomic E-state index is 9.52. The third kappa shape index (κ3) is 3.58. The summed E-state index contributed by atoms with van der Waals surface area (Å²) in [5, 5.41) is 14.2. The summed E-state index contributed by atoms with van der Waals surface area (Å²) in [6.45, 7) is 2.04. The molecule has 0 radical (unpaired) electrons. The topological polar surface area (TPSA) is 55.1 Å². The van der Waals surface area contributed by atoms with Gasteiger partial charge in [-0.2, -0.15) is 5.26 Å². The number of hydrogen-bond acceptors (Lipinski definition) is 6. The van der Waals surface area contributed by atoms with E-state index in [1.807, 2.05) is 48.0 Å². The van der Waals surface area contributed by atoms with E-state index in [4.69, 9.17) is 9.47 Å². The Hall–Kier alpha value is -2.62. The summed E-state index contributed by atoms with van der Waals surface area (Å²) in [6, 6.07) is 9.97. The summed E-state index contributed by atoms with van der Waals surface area (Å²) in [6.07, 6.45) is 1.90. The van der Waals surface area contributed by atoms with Crippen LogP contribution in [0.3, 0.4) is 0 Å². The average molecular weight is 368 g/mol. The minimum absolute atomic E-state index is 0.572. The number of nitrogens with zero attached hydrogens (tertiary/aromatic N) is 2. The second kappa shape index (κ2) is 7.51. The minimum atomic E-state index is 0.572. The van der Waals surface area contributed by atoms with Gasteiger partial charge < -0.3 is 9.47 Å². The van der Waals surface area contributed by atoms with Gasteiger partial charge in [-0.05, 0) is 48.2 Å². The molecule has 1 aromatic carbocycles. The van der Waals surface area contributed by atoms with Crippen LogP contribution < -0.4 is 9.47 Å². The van der Waals surface area contributed by atoms with E-state index >= 15 is 0 Å². The third-order valence-electron chi connectivity index (χ3n) is 3.71. The van der Waals surface area contributed by atoms with Crippen LogP contribution >= 0.6 is 22.7 Å². The molecule has 0 amide bonds. The number of methoxy groups -OCH3 is 2. The van der Waals surface area contributed by atoms with Gasteiger partial charge in [0.25, 0.3) is 0 Å². The summed E-state index contributed by atoms with van der Waals surface area (Å²) in [5.41, 5.74) is 3.46. The van der Waals surface area contributed by atoms with Crippen molar-refractivity contribution in [3.63, 3.8) is 0 Å². The second-order valence-electron chi connectivity index (χ2n) is 5.25. The lowest BCUT2D eigenvalue weighted by Gasteiger charge is -2.08. The lowest BCUT2D eigenvalue weighted by Crippen LogP contribution is -1.91. The predicted molar refractivity (Wildman–Crippen MR) is 103 cm³/mol. The van der Waals surface area contributed by atoms with Crippen molar-refractivity contribution in [2.24, 2.45) is 0 Å². The van der Waals surface area contributed by atoms with E-state index in [-0.39, 0.29) is 0 Å². The largest absolute Gasteiger partial charge is 0.493 e. The Labute approximate surface area is 154 Å². The van der Waals surface area contributed by atoms with Gasteiger partial charge in [-0.15, -0.1) is 22.7 Å². The molecule has 0 aliphatic rings. The number of thiophene rings is 1. The highest BCUT2D eigenvalue weighted by atomic mass is 32.1. The van der Waals surface area contributed by atoms with Gasteiger partial charge in [0, 0.05) is 15.8 Å². The van der Waals surface area contributed by atoms with Crippen LogP contribution in [0.4, 0.5) is 0 Å². The minimum Gasteiger partial charge on any atom is -0.493 e. The maximum Gasteiger partial charge on any atom is 0.161 e. The summed E-state index contributed by atoms with van der Waals surface area (Å²) in [5.74, 6) is 1.33. The number of nitriles is 1. The van der Waals surface area contributed by atoms with Crippen LogP contribution in [0.1, 0.15) is 15.4 Å². The molecule has 126 valence electrons. The normalized spacial score (nSPS) is 11.2. The zero-order chi connectivity index (χ0) is 17.8. The molecule has 0 atom stereocenters. The number of allylic oxidation sites excluding steroid dienone is 1. The average Bonchev–Trinajstić information content (AvgIpc) is 3.28. The van der Waals surface area contributed by atoms with Crippen LogP contribution in [0.5, 0.6) is 11.5 Å². The summed E-state index contributed by atoms with van der Waals surface area (Å²) in [7, 11) is 3.21. The molecule has 0 aliphatic carbocycles. The molecule has 3 aromatic rings. The van der Waals surface area contributed by atoms with Gasteiger partial charge >= 0.3 is 0 Å². The summed E-state index contributed by atoms with van der Waals surface area (Å²) in [4.78, 5) is 5.71. The predicted octanol–water partition coefficient (Wildman–Crippen LogP) is 5.26. The van der Waals surface area contributed by atoms with Gasteiger partial charge in [-0.3, -0.25) is 0 Å². The van der Waals surface area contributed by atoms with Crippen molar-refractivity contribution < 1.29 is 9.47 Å². The molecule has 0 spiro atoms. The zero-order valence-corrected chi connectivity index (χ0v) is 15.7. The number of aromatic nitrogens is 1. The van der Waals surface area contributed by atoms with Crippen LogP contribution in [0.2, 0.25) is 0 Å². The van der Waals surface area contributed by atoms with Crippen LogP contribution in [0.25, 0.3) is 22.9 Å². The van der Waals surface area contributed by atoms with E-state index in [2.05, 4.69) is 11.1 Å². The Morgan fingerprint density at radius 1 is 1.16 bits per heavy atom. The number of thiazole rings is 1. The number of benzene rings is 1. The fraction of sp³-hybridized carbons (Fsp3) is 0.158. The first-order valence-corrected chi connectivity index (χ1v) is 9.26. The highest BCUT2D eigenvalue weighted by Gasteiger charge is 2.12. The van der Waals surface area contributed by atoms with Crippen LogP contribution in [0, 0.1) is 18.3 Å². The molecule has 0 unspecified atom stereocenters. The molecule has 4 nitrogen and oxygen atoms in total. The molecule has 0 bridgehead atoms. The maximum atomic E-state index is 9.52. The van der Waals surface area contributed by atoms with Gasteiger partial charge in [0.1, 0.15) is 11.1 Å². The van der Waals surface area contributed by atoms with Crippen LogP contribution in [-0.4, -0.2) is 19.2 Å². The molecule has 0 saturated carbocycles. The fourth-order valence-electron chi connectivity index (χ4n) is 2.33. The van der Waals surface area contributed by atoms with Crippen LogP contribution in [-0.2, 0) is 0 Å². The smallest absolute Gasteiger partial charge is 0.161 e. The lowest BCUT2D eigenvalue weighted by atomic mass is 10.1. The van der Waals surface area contributed by atoms with E-state index in [0.29, 0.717) is 22.1 Å². The molecule has 6 heteroatoms. The Balaban J connectivity index is 1.96. The van der Waals surface area contributed by atoms with Gasteiger partial charge in [-0.25, -0.2) is 4.98 Å². The molecule has 25 heavy (non-hydrogen) atoms. The molecule has 2 aromatic heterocycles. The molecule has 0 N–H and O–H groups in total. The molecular weight excluding hydrogens is 352 g/mol. The standard InChI is InChI=1S/C19H16N2O2S2/c1-12-6-7-24-18(12)9-14(10-20)19-21-15(11-25-19)13-4-5-16(22-2)17(8-13)23-3/h4-9,11H,1-3H3/b14-9+. The molecule has 2 heterocycles. The fourth-order valence-corrected chi connectivity index (χ4v) is 3.98. The monoisotopic (exact) mass is 368 g/mol. The molecule has 3 rings (SSSR count). The number of rotatable bonds is 5. The van der Waals surface area contributed by atoms with E-state index < -0.39 is 0 Å². The van der Waals surface area contributed by atoms with Crippen molar-refractivity contribution in [1.29, 1.82) is 5.26 Å². The van der Waals surface area contributed by atoms with Crippen molar-refractivity contribution >= 4 is 34.3 Å². The lowest BCUT2D eigenvalue weighted by molar-refractivity contribution is 0.355. The van der Waals surface area contributed by atoms with E-state index in [1.165, 1.54) is 11.3 Å². The van der Waals surface area contributed by atoms with Gasteiger partial charge in [0.05, 0.1) is 25.5 Å². The molecular formula is C19H16N2O2S2. The van der Waals surface area contributed by atoms with Crippen molar-refractivity contribution in [3.8, 4) is 28.8 Å². The van der Waals surface area contributed by atoms with Crippen molar-refractivity contribution in [2.45, 2.75) is 6.92 Å². The first-order valence-electron chi connectivity index (χ1n) is 7.50. The van der Waals surface area contributed by atoms with Gasteiger partial charge in [-0.1, -0.05) is 0 Å². The Bertz CT molecular complexity index is 964. The Morgan fingerprint density at radius 2 is 1.96 bits per heavy atom. The quantitative estimate of drug-likeness (QED) is 0.576. The highest BCUT2D eigenvalue weighted by molar-refractivity contribution is 7.12. The third-order valence-corrected chi connectivity index (χ3v) is 5.55. The molecule has 0 fully saturated rings. The van der Waals surface area contributed by atoms with E-state index in [1.54, 1.807) is 25.6 Å². The first-order chi connectivity index (χ1) is 12.2. The number of hydrogen-bond donors (Lipinski definition) is 0. The van der Waals surface area contributed by atoms with Crippen LogP contribution in [0.15, 0.2) is 35.0 Å². The SMILES string of the molecule is COc1ccc(-c2csc(/C(C#N)=C/c3sccc3C)n2)cc1OC. The highest BCUT2D eigenvalue weighted by Crippen LogP contribution is 2.34. The van der Waals surface area contributed by atoms with Crippen molar-refractivity contribution in [1.82, 2.24) is 4.98 Å². The summed E-state index contributed by atoms with van der Waals surface area (Å²) >= 11 is 3.08. The van der Waals surface area contributed by atoms with E-state index in [9.17, 15) is 5.26 Å². The Morgan fingerprint density at radius 3 is 2.60 bits per heavy atom. The first kappa shape index (κ1) is 17.2. The molecule has 0 saturated heterocycles.